The summed E-state index contributed by atoms with van der Waals surface area (Å²) in [5, 5.41) is -0.0276. The zero-order valence-electron chi connectivity index (χ0n) is 11.1. The molecular formula is C12H14BrCl2NO3S. The molecule has 1 aromatic rings. The molecule has 0 unspecified atom stereocenters. The summed E-state index contributed by atoms with van der Waals surface area (Å²) in [4.78, 5) is 11.5. The van der Waals surface area contributed by atoms with Crippen LogP contribution < -0.4 is 4.72 Å². The first-order valence-electron chi connectivity index (χ1n) is 5.62. The molecule has 0 spiro atoms. The zero-order valence-corrected chi connectivity index (χ0v) is 15.0. The molecule has 0 aromatic heterocycles. The van der Waals surface area contributed by atoms with Crippen molar-refractivity contribution in [1.82, 2.24) is 4.72 Å². The van der Waals surface area contributed by atoms with Crippen LogP contribution in [-0.4, -0.2) is 20.7 Å². The van der Waals surface area contributed by atoms with Gasteiger partial charge in [0.25, 0.3) is 0 Å². The number of halogens is 3. The molecule has 0 atom stereocenters. The maximum atomic E-state index is 12.2. The number of benzene rings is 1. The van der Waals surface area contributed by atoms with Crippen molar-refractivity contribution in [3.05, 3.63) is 26.7 Å². The average Bonchev–Trinajstić information content (AvgIpc) is 2.22. The molecule has 0 aliphatic heterocycles. The molecule has 0 heterocycles. The summed E-state index contributed by atoms with van der Waals surface area (Å²) >= 11 is 15.0. The van der Waals surface area contributed by atoms with Crippen molar-refractivity contribution in [3.63, 3.8) is 0 Å². The van der Waals surface area contributed by atoms with Crippen LogP contribution in [0.3, 0.4) is 0 Å². The molecule has 0 fully saturated rings. The average molecular weight is 403 g/mol. The normalized spacial score (nSPS) is 12.5. The van der Waals surface area contributed by atoms with Gasteiger partial charge in [0.2, 0.25) is 10.0 Å². The third-order valence-corrected chi connectivity index (χ3v) is 5.27. The smallest absolute Gasteiger partial charge is 0.243 e. The van der Waals surface area contributed by atoms with Gasteiger partial charge in [0.05, 0.1) is 16.6 Å². The van der Waals surface area contributed by atoms with Crippen LogP contribution in [0.15, 0.2) is 21.5 Å². The molecule has 4 nitrogen and oxygen atoms in total. The minimum Gasteiger partial charge on any atom is -0.298 e. The molecule has 1 N–H and O–H groups in total. The highest BCUT2D eigenvalue weighted by Gasteiger charge is 2.26. The van der Waals surface area contributed by atoms with E-state index in [1.165, 1.54) is 12.1 Å². The van der Waals surface area contributed by atoms with Crippen LogP contribution >= 0.6 is 39.1 Å². The van der Waals surface area contributed by atoms with Crippen LogP contribution in [0.1, 0.15) is 20.8 Å². The van der Waals surface area contributed by atoms with E-state index in [2.05, 4.69) is 20.7 Å². The Hall–Kier alpha value is -0.140. The monoisotopic (exact) mass is 401 g/mol. The maximum absolute atomic E-state index is 12.2. The lowest BCUT2D eigenvalue weighted by molar-refractivity contribution is -0.125. The molecule has 20 heavy (non-hydrogen) atoms. The molecule has 112 valence electrons. The summed E-state index contributed by atoms with van der Waals surface area (Å²) in [6, 6.07) is 2.85. The summed E-state index contributed by atoms with van der Waals surface area (Å²) in [6.07, 6.45) is 0. The molecule has 0 radical (unpaired) electrons. The van der Waals surface area contributed by atoms with Crippen molar-refractivity contribution < 1.29 is 13.2 Å². The van der Waals surface area contributed by atoms with Gasteiger partial charge in [0.1, 0.15) is 4.90 Å². The largest absolute Gasteiger partial charge is 0.298 e. The number of nitrogens with one attached hydrogen (secondary N) is 1. The van der Waals surface area contributed by atoms with Crippen LogP contribution in [0.5, 0.6) is 0 Å². The molecule has 8 heteroatoms. The summed E-state index contributed by atoms with van der Waals surface area (Å²) in [5.41, 5.74) is -0.629. The fourth-order valence-electron chi connectivity index (χ4n) is 1.28. The predicted octanol–water partition coefficient (Wildman–Crippen LogP) is 3.65. The van der Waals surface area contributed by atoms with Gasteiger partial charge in [-0.25, -0.2) is 13.1 Å². The van der Waals surface area contributed by atoms with Gasteiger partial charge in [0.15, 0.2) is 5.78 Å². The van der Waals surface area contributed by atoms with E-state index in [0.717, 1.165) is 0 Å². The SMILES string of the molecule is CC(C)(C)C(=O)CNS(=O)(=O)c1c(Cl)cc(Br)cc1Cl. The number of rotatable bonds is 4. The Labute approximate surface area is 137 Å². The summed E-state index contributed by atoms with van der Waals surface area (Å²) in [7, 11) is -3.95. The van der Waals surface area contributed by atoms with Crippen LogP contribution in [0.25, 0.3) is 0 Å². The Balaban J connectivity index is 3.05. The van der Waals surface area contributed by atoms with Gasteiger partial charge >= 0.3 is 0 Å². The van der Waals surface area contributed by atoms with Gasteiger partial charge in [-0.3, -0.25) is 4.79 Å². The third-order valence-electron chi connectivity index (χ3n) is 2.49. The Morgan fingerprint density at radius 1 is 1.25 bits per heavy atom. The molecule has 0 aliphatic carbocycles. The number of hydrogen-bond acceptors (Lipinski definition) is 3. The first-order chi connectivity index (χ1) is 8.95. The lowest BCUT2D eigenvalue weighted by Crippen LogP contribution is -2.35. The lowest BCUT2D eigenvalue weighted by atomic mass is 9.91. The van der Waals surface area contributed by atoms with Gasteiger partial charge < -0.3 is 0 Å². The standard InChI is InChI=1S/C12H14BrCl2NO3S/c1-12(2,3)10(17)6-16-20(18,19)11-8(14)4-7(13)5-9(11)15/h4-5,16H,6H2,1-3H3. The van der Waals surface area contributed by atoms with Gasteiger partial charge in [-0.2, -0.15) is 0 Å². The number of ketones is 1. The summed E-state index contributed by atoms with van der Waals surface area (Å²) in [5.74, 6) is -0.231. The maximum Gasteiger partial charge on any atom is 0.243 e. The van der Waals surface area contributed by atoms with Crippen molar-refractivity contribution in [2.45, 2.75) is 25.7 Å². The Morgan fingerprint density at radius 3 is 2.10 bits per heavy atom. The quantitative estimate of drug-likeness (QED) is 0.835. The topological polar surface area (TPSA) is 63.2 Å². The molecule has 1 aromatic carbocycles. The lowest BCUT2D eigenvalue weighted by Gasteiger charge is -2.17. The van der Waals surface area contributed by atoms with Crippen molar-refractivity contribution in [3.8, 4) is 0 Å². The first-order valence-corrected chi connectivity index (χ1v) is 8.66. The van der Waals surface area contributed by atoms with Gasteiger partial charge in [-0.15, -0.1) is 0 Å². The minimum absolute atomic E-state index is 0.0138. The summed E-state index contributed by atoms with van der Waals surface area (Å²) in [6.45, 7) is 4.82. The molecule has 0 amide bonds. The Morgan fingerprint density at radius 2 is 1.70 bits per heavy atom. The fourth-order valence-corrected chi connectivity index (χ4v) is 4.20. The van der Waals surface area contributed by atoms with E-state index in [1.54, 1.807) is 20.8 Å². The fraction of sp³-hybridized carbons (Fsp3) is 0.417. The third kappa shape index (κ3) is 4.43. The number of carbonyl (C=O) groups is 1. The van der Waals surface area contributed by atoms with Crippen LogP contribution in [0, 0.1) is 5.41 Å². The van der Waals surface area contributed by atoms with Gasteiger partial charge in [-0.05, 0) is 12.1 Å². The molecule has 1 rings (SSSR count). The van der Waals surface area contributed by atoms with Gasteiger partial charge in [0, 0.05) is 9.89 Å². The zero-order chi connectivity index (χ0) is 15.7. The Kier molecular flexibility index (Phi) is 5.66. The van der Waals surface area contributed by atoms with Gasteiger partial charge in [-0.1, -0.05) is 59.9 Å². The highest BCUT2D eigenvalue weighted by molar-refractivity contribution is 9.10. The minimum atomic E-state index is -3.95. The number of carbonyl (C=O) groups excluding carboxylic acids is 1. The second-order valence-electron chi connectivity index (χ2n) is 5.20. The van der Waals surface area contributed by atoms with Crippen LogP contribution in [-0.2, 0) is 14.8 Å². The predicted molar refractivity (Wildman–Crippen MR) is 83.8 cm³/mol. The van der Waals surface area contributed by atoms with E-state index in [-0.39, 0.29) is 27.3 Å². The van der Waals surface area contributed by atoms with E-state index < -0.39 is 15.4 Å². The van der Waals surface area contributed by atoms with Crippen LogP contribution in [0.4, 0.5) is 0 Å². The number of Topliss-reactive ketones (excluding diaryl/α,β-unsaturated/α-hetero) is 1. The molecule has 0 bridgehead atoms. The Bertz CT molecular complexity index is 616. The number of hydrogen-bond donors (Lipinski definition) is 1. The second kappa shape index (κ2) is 6.32. The van der Waals surface area contributed by atoms with Crippen molar-refractivity contribution in [2.75, 3.05) is 6.54 Å². The molecule has 0 aliphatic rings. The highest BCUT2D eigenvalue weighted by Crippen LogP contribution is 2.32. The number of sulfonamides is 1. The van der Waals surface area contributed by atoms with E-state index in [9.17, 15) is 13.2 Å². The molecule has 0 saturated carbocycles. The molecular weight excluding hydrogens is 389 g/mol. The van der Waals surface area contributed by atoms with E-state index in [4.69, 9.17) is 23.2 Å². The first kappa shape index (κ1) is 17.9. The van der Waals surface area contributed by atoms with Crippen LogP contribution in [0.2, 0.25) is 10.0 Å². The van der Waals surface area contributed by atoms with Crippen molar-refractivity contribution in [1.29, 1.82) is 0 Å². The van der Waals surface area contributed by atoms with E-state index in [0.29, 0.717) is 4.47 Å². The second-order valence-corrected chi connectivity index (χ2v) is 8.63. The summed E-state index contributed by atoms with van der Waals surface area (Å²) < 4.78 is 27.1. The van der Waals surface area contributed by atoms with Crippen molar-refractivity contribution in [2.24, 2.45) is 5.41 Å². The van der Waals surface area contributed by atoms with E-state index >= 15 is 0 Å². The highest BCUT2D eigenvalue weighted by atomic mass is 79.9. The molecule has 0 saturated heterocycles. The van der Waals surface area contributed by atoms with Crippen molar-refractivity contribution >= 4 is 54.9 Å². The van der Waals surface area contributed by atoms with E-state index in [1.807, 2.05) is 0 Å².